The van der Waals surface area contributed by atoms with Crippen LogP contribution in [-0.2, 0) is 12.8 Å². The van der Waals surface area contributed by atoms with E-state index in [1.807, 2.05) is 0 Å². The molecule has 3 nitrogen and oxygen atoms in total. The van der Waals surface area contributed by atoms with Gasteiger partial charge in [-0.3, -0.25) is 0 Å². The molecule has 0 aliphatic carbocycles. The molecule has 0 aliphatic rings. The van der Waals surface area contributed by atoms with E-state index < -0.39 is 0 Å². The third kappa shape index (κ3) is 2.49. The Morgan fingerprint density at radius 2 is 1.68 bits per heavy atom. The third-order valence-electron chi connectivity index (χ3n) is 4.90. The molecular weight excluding hydrogens is 306 g/mol. The first kappa shape index (κ1) is 14.3. The Kier molecular flexibility index (Phi) is 3.30. The summed E-state index contributed by atoms with van der Waals surface area (Å²) in [6.45, 7) is 0. The van der Waals surface area contributed by atoms with E-state index in [9.17, 15) is 0 Å². The van der Waals surface area contributed by atoms with Gasteiger partial charge in [0.1, 0.15) is 0 Å². The number of para-hydroxylation sites is 1. The molecular formula is C22H19N3. The van der Waals surface area contributed by atoms with Crippen molar-refractivity contribution in [2.45, 2.75) is 19.3 Å². The van der Waals surface area contributed by atoms with Gasteiger partial charge in [-0.2, -0.15) is 0 Å². The average molecular weight is 325 g/mol. The number of hydrogen-bond acceptors (Lipinski definition) is 1. The standard InChI is InChI=1S/C22H19N3/c1-2-7-16(8-3-1)9-6-10-17-15-25-14-13-19-18-11-4-5-12-20(18)24-21(19)22(25)23-17/h1-5,7-8,11-15,24H,6,9-10H2. The number of H-pyrrole nitrogens is 1. The molecule has 2 aromatic carbocycles. The van der Waals surface area contributed by atoms with Crippen LogP contribution in [0.15, 0.2) is 73.1 Å². The molecule has 25 heavy (non-hydrogen) atoms. The highest BCUT2D eigenvalue weighted by molar-refractivity contribution is 6.11. The summed E-state index contributed by atoms with van der Waals surface area (Å²) >= 11 is 0. The highest BCUT2D eigenvalue weighted by Gasteiger charge is 2.10. The lowest BCUT2D eigenvalue weighted by Gasteiger charge is -1.98. The number of rotatable bonds is 4. The van der Waals surface area contributed by atoms with Gasteiger partial charge in [0.15, 0.2) is 5.65 Å². The molecule has 0 saturated carbocycles. The number of fused-ring (bicyclic) bond motifs is 5. The normalized spacial score (nSPS) is 11.7. The van der Waals surface area contributed by atoms with Gasteiger partial charge in [0.2, 0.25) is 0 Å². The van der Waals surface area contributed by atoms with Crippen molar-refractivity contribution in [1.29, 1.82) is 0 Å². The number of hydrogen-bond donors (Lipinski definition) is 1. The molecule has 0 atom stereocenters. The van der Waals surface area contributed by atoms with Crippen LogP contribution in [0.25, 0.3) is 27.5 Å². The minimum atomic E-state index is 0.998. The Balaban J connectivity index is 1.47. The summed E-state index contributed by atoms with van der Waals surface area (Å²) in [5, 5.41) is 2.50. The average Bonchev–Trinajstić information content (AvgIpc) is 3.23. The van der Waals surface area contributed by atoms with Gasteiger partial charge in [-0.25, -0.2) is 4.98 Å². The number of nitrogens with zero attached hydrogens (tertiary/aromatic N) is 2. The van der Waals surface area contributed by atoms with Crippen molar-refractivity contribution >= 4 is 27.5 Å². The fraction of sp³-hybridized carbons (Fsp3) is 0.136. The lowest BCUT2D eigenvalue weighted by atomic mass is 10.1. The summed E-state index contributed by atoms with van der Waals surface area (Å²) in [4.78, 5) is 8.43. The van der Waals surface area contributed by atoms with Crippen LogP contribution in [0, 0.1) is 0 Å². The van der Waals surface area contributed by atoms with Crippen molar-refractivity contribution < 1.29 is 0 Å². The maximum Gasteiger partial charge on any atom is 0.161 e. The minimum Gasteiger partial charge on any atom is -0.351 e. The molecule has 3 heterocycles. The fourth-order valence-corrected chi connectivity index (χ4v) is 3.65. The van der Waals surface area contributed by atoms with Gasteiger partial charge in [-0.05, 0) is 37.0 Å². The van der Waals surface area contributed by atoms with Crippen LogP contribution in [0.2, 0.25) is 0 Å². The Labute approximate surface area is 145 Å². The van der Waals surface area contributed by atoms with Crippen LogP contribution < -0.4 is 0 Å². The van der Waals surface area contributed by atoms with E-state index in [0.717, 1.165) is 36.1 Å². The van der Waals surface area contributed by atoms with Crippen molar-refractivity contribution in [1.82, 2.24) is 14.4 Å². The van der Waals surface area contributed by atoms with Crippen LogP contribution in [-0.4, -0.2) is 14.4 Å². The molecule has 1 N–H and O–H groups in total. The number of imidazole rings is 1. The van der Waals surface area contributed by atoms with E-state index in [1.165, 1.54) is 21.9 Å². The SMILES string of the molecule is c1ccc(CCCc2cn3ccc4c5ccccc5[nH]c4c3n2)cc1. The van der Waals surface area contributed by atoms with E-state index in [4.69, 9.17) is 4.98 Å². The predicted molar refractivity (Wildman–Crippen MR) is 103 cm³/mol. The number of aromatic amines is 1. The van der Waals surface area contributed by atoms with Crippen LogP contribution >= 0.6 is 0 Å². The highest BCUT2D eigenvalue weighted by atomic mass is 15.0. The molecule has 0 bridgehead atoms. The second-order valence-corrected chi connectivity index (χ2v) is 6.58. The summed E-state index contributed by atoms with van der Waals surface area (Å²) < 4.78 is 2.13. The molecule has 0 radical (unpaired) electrons. The lowest BCUT2D eigenvalue weighted by Crippen LogP contribution is -1.89. The monoisotopic (exact) mass is 325 g/mol. The first-order valence-corrected chi connectivity index (χ1v) is 8.79. The number of aromatic nitrogens is 3. The van der Waals surface area contributed by atoms with Gasteiger partial charge < -0.3 is 9.38 Å². The summed E-state index contributed by atoms with van der Waals surface area (Å²) in [6, 6.07) is 21.3. The first-order valence-electron chi connectivity index (χ1n) is 8.79. The molecule has 0 unspecified atom stereocenters. The Morgan fingerprint density at radius 3 is 2.60 bits per heavy atom. The minimum absolute atomic E-state index is 0.998. The van der Waals surface area contributed by atoms with Gasteiger partial charge in [0.05, 0.1) is 11.2 Å². The molecule has 122 valence electrons. The summed E-state index contributed by atoms with van der Waals surface area (Å²) in [5.74, 6) is 0. The molecule has 0 spiro atoms. The zero-order chi connectivity index (χ0) is 16.6. The van der Waals surface area contributed by atoms with Crippen molar-refractivity contribution in [2.75, 3.05) is 0 Å². The van der Waals surface area contributed by atoms with E-state index in [0.29, 0.717) is 0 Å². The summed E-state index contributed by atoms with van der Waals surface area (Å²) in [6.07, 6.45) is 7.48. The molecule has 0 fully saturated rings. The van der Waals surface area contributed by atoms with E-state index >= 15 is 0 Å². The van der Waals surface area contributed by atoms with Crippen LogP contribution in [0.4, 0.5) is 0 Å². The molecule has 5 rings (SSSR count). The van der Waals surface area contributed by atoms with Crippen molar-refractivity contribution in [3.63, 3.8) is 0 Å². The third-order valence-corrected chi connectivity index (χ3v) is 4.90. The summed E-state index contributed by atoms with van der Waals surface area (Å²) in [7, 11) is 0. The van der Waals surface area contributed by atoms with Gasteiger partial charge in [0.25, 0.3) is 0 Å². The van der Waals surface area contributed by atoms with Crippen LogP contribution in [0.1, 0.15) is 17.7 Å². The second-order valence-electron chi connectivity index (χ2n) is 6.58. The number of nitrogens with one attached hydrogen (secondary N) is 1. The maximum atomic E-state index is 4.90. The molecule has 0 amide bonds. The zero-order valence-corrected chi connectivity index (χ0v) is 13.9. The fourth-order valence-electron chi connectivity index (χ4n) is 3.65. The zero-order valence-electron chi connectivity index (χ0n) is 13.9. The quantitative estimate of drug-likeness (QED) is 0.487. The molecule has 3 aromatic heterocycles. The Bertz CT molecular complexity index is 1170. The van der Waals surface area contributed by atoms with Gasteiger partial charge >= 0.3 is 0 Å². The Hall–Kier alpha value is -3.07. The van der Waals surface area contributed by atoms with Gasteiger partial charge in [-0.1, -0.05) is 48.5 Å². The molecule has 0 saturated heterocycles. The van der Waals surface area contributed by atoms with Gasteiger partial charge in [-0.15, -0.1) is 0 Å². The van der Waals surface area contributed by atoms with Crippen LogP contribution in [0.3, 0.4) is 0 Å². The number of aryl methyl sites for hydroxylation is 2. The summed E-state index contributed by atoms with van der Waals surface area (Å²) in [5.41, 5.74) is 5.85. The van der Waals surface area contributed by atoms with Crippen LogP contribution in [0.5, 0.6) is 0 Å². The van der Waals surface area contributed by atoms with E-state index in [1.54, 1.807) is 0 Å². The van der Waals surface area contributed by atoms with E-state index in [-0.39, 0.29) is 0 Å². The van der Waals surface area contributed by atoms with Crippen molar-refractivity contribution in [2.24, 2.45) is 0 Å². The number of pyridine rings is 1. The van der Waals surface area contributed by atoms with Crippen molar-refractivity contribution in [3.05, 3.63) is 84.3 Å². The maximum absolute atomic E-state index is 4.90. The number of benzene rings is 2. The predicted octanol–water partition coefficient (Wildman–Crippen LogP) is 5.14. The molecule has 3 heteroatoms. The van der Waals surface area contributed by atoms with E-state index in [2.05, 4.69) is 82.4 Å². The molecule has 5 aromatic rings. The first-order chi connectivity index (χ1) is 12.4. The highest BCUT2D eigenvalue weighted by Crippen LogP contribution is 2.27. The smallest absolute Gasteiger partial charge is 0.161 e. The van der Waals surface area contributed by atoms with Gasteiger partial charge in [0, 0.05) is 28.7 Å². The largest absolute Gasteiger partial charge is 0.351 e. The Morgan fingerprint density at radius 1 is 0.840 bits per heavy atom. The molecule has 0 aliphatic heterocycles. The lowest BCUT2D eigenvalue weighted by molar-refractivity contribution is 0.805. The van der Waals surface area contributed by atoms with Crippen molar-refractivity contribution in [3.8, 4) is 0 Å². The second kappa shape index (κ2) is 5.78. The topological polar surface area (TPSA) is 33.1 Å².